The van der Waals surface area contributed by atoms with Gasteiger partial charge in [-0.15, -0.1) is 0 Å². The number of piperidine rings is 1. The number of anilines is 1. The Hall–Kier alpha value is -3.71. The molecule has 4 aliphatic rings. The summed E-state index contributed by atoms with van der Waals surface area (Å²) in [5.74, 6) is -4.05. The van der Waals surface area contributed by atoms with Crippen LogP contribution >= 0.6 is 0 Å². The van der Waals surface area contributed by atoms with Crippen molar-refractivity contribution in [3.63, 3.8) is 0 Å². The summed E-state index contributed by atoms with van der Waals surface area (Å²) in [5, 5.41) is 13.6. The predicted octanol–water partition coefficient (Wildman–Crippen LogP) is 6.20. The fourth-order valence-electron chi connectivity index (χ4n) is 6.42. The minimum atomic E-state index is -3.30. The van der Waals surface area contributed by atoms with Crippen molar-refractivity contribution >= 4 is 16.9 Å². The molecule has 7 nitrogen and oxygen atoms in total. The number of nitrogens with one attached hydrogen (secondary N) is 1. The van der Waals surface area contributed by atoms with Crippen molar-refractivity contribution in [2.24, 2.45) is 5.92 Å². The molecule has 0 unspecified atom stereocenters. The van der Waals surface area contributed by atoms with E-state index in [4.69, 9.17) is 0 Å². The van der Waals surface area contributed by atoms with Crippen molar-refractivity contribution in [2.75, 3.05) is 25.0 Å². The van der Waals surface area contributed by atoms with Crippen molar-refractivity contribution in [3.8, 4) is 6.07 Å². The molecule has 42 heavy (non-hydrogen) atoms. The van der Waals surface area contributed by atoms with Gasteiger partial charge in [-0.3, -0.25) is 14.3 Å². The molecular weight excluding hydrogens is 541 g/mol. The largest absolute Gasteiger partial charge is 0.363 e. The molecule has 0 spiro atoms. The molecule has 3 aromatic rings. The van der Waals surface area contributed by atoms with Crippen LogP contribution in [0.1, 0.15) is 74.6 Å². The molecule has 7 rings (SSSR count). The summed E-state index contributed by atoms with van der Waals surface area (Å²) in [5.41, 5.74) is -0.717. The van der Waals surface area contributed by atoms with Gasteiger partial charge in [-0.25, -0.2) is 23.1 Å². The van der Waals surface area contributed by atoms with Crippen LogP contribution in [-0.2, 0) is 17.9 Å². The van der Waals surface area contributed by atoms with Crippen LogP contribution in [0.2, 0.25) is 0 Å². The lowest BCUT2D eigenvalue weighted by Crippen LogP contribution is -2.35. The fraction of sp³-hybridized carbons (Fsp3) is 0.500. The number of fused-ring (bicyclic) bond motifs is 8. The van der Waals surface area contributed by atoms with Crippen LogP contribution in [0.5, 0.6) is 0 Å². The number of nitrogens with zero attached hydrogens (tertiary/aromatic N) is 5. The first-order chi connectivity index (χ1) is 20.2. The third kappa shape index (κ3) is 5.31. The van der Waals surface area contributed by atoms with Crippen molar-refractivity contribution < 1.29 is 13.2 Å². The topological polar surface area (TPSA) is 86.8 Å². The first-order valence-electron chi connectivity index (χ1n) is 14.8. The molecule has 0 amide bonds. The lowest BCUT2D eigenvalue weighted by atomic mass is 9.87. The van der Waals surface area contributed by atoms with E-state index < -0.39 is 28.8 Å². The number of alkyl halides is 2. The standard InChI is InChI=1S/C32H35F3N6O/c1-21-23-7-6-8-25(27(23)33)32(34,35)18-22-9-15-40(16-10-22)13-4-2-3-5-14-41-29-24(28(39-21)37-20-38-29)17-26(30(41)42)31(19-36)11-12-31/h2,4,6-8,17,20-22H,3,5,9-16,18H2,1H3,(H,37,38,39)/b4-2+/t21-/m1/s1. The maximum Gasteiger partial charge on any atom is 0.276 e. The van der Waals surface area contributed by atoms with E-state index in [1.165, 1.54) is 24.5 Å². The Bertz CT molecular complexity index is 1610. The van der Waals surface area contributed by atoms with Crippen LogP contribution in [0, 0.1) is 23.1 Å². The second kappa shape index (κ2) is 11.2. The summed E-state index contributed by atoms with van der Waals surface area (Å²) < 4.78 is 48.5. The van der Waals surface area contributed by atoms with Crippen LogP contribution < -0.4 is 10.9 Å². The van der Waals surface area contributed by atoms with Gasteiger partial charge in [0.05, 0.1) is 28.5 Å². The molecule has 220 valence electrons. The van der Waals surface area contributed by atoms with Crippen molar-refractivity contribution in [1.82, 2.24) is 19.4 Å². The Balaban J connectivity index is 1.44. The zero-order chi connectivity index (χ0) is 29.5. The number of aryl methyl sites for hydroxylation is 1. The summed E-state index contributed by atoms with van der Waals surface area (Å²) in [6.45, 7) is 4.30. The lowest BCUT2D eigenvalue weighted by molar-refractivity contribution is -0.0397. The van der Waals surface area contributed by atoms with Gasteiger partial charge in [0, 0.05) is 30.6 Å². The number of rotatable bonds is 1. The Morgan fingerprint density at radius 1 is 1.10 bits per heavy atom. The molecule has 3 aliphatic heterocycles. The van der Waals surface area contributed by atoms with E-state index in [9.17, 15) is 10.1 Å². The van der Waals surface area contributed by atoms with Crippen LogP contribution in [-0.4, -0.2) is 39.1 Å². The molecule has 5 heterocycles. The monoisotopic (exact) mass is 576 g/mol. The van der Waals surface area contributed by atoms with Crippen molar-refractivity contribution in [2.45, 2.75) is 75.8 Å². The molecular formula is C32H35F3N6O. The predicted molar refractivity (Wildman–Crippen MR) is 155 cm³/mol. The summed E-state index contributed by atoms with van der Waals surface area (Å²) in [4.78, 5) is 24.8. The van der Waals surface area contributed by atoms with Gasteiger partial charge >= 0.3 is 0 Å². The molecule has 1 N–H and O–H groups in total. The summed E-state index contributed by atoms with van der Waals surface area (Å²) in [7, 11) is 0. The zero-order valence-corrected chi connectivity index (χ0v) is 23.8. The smallest absolute Gasteiger partial charge is 0.276 e. The number of pyridine rings is 1. The van der Waals surface area contributed by atoms with Crippen LogP contribution in [0.3, 0.4) is 0 Å². The maximum absolute atomic E-state index is 15.8. The van der Waals surface area contributed by atoms with Crippen LogP contribution in [0.4, 0.5) is 19.0 Å². The van der Waals surface area contributed by atoms with Crippen LogP contribution in [0.25, 0.3) is 11.0 Å². The highest BCUT2D eigenvalue weighted by Gasteiger charge is 2.47. The van der Waals surface area contributed by atoms with E-state index in [1.807, 2.05) is 0 Å². The average Bonchev–Trinajstić information content (AvgIpc) is 3.77. The van der Waals surface area contributed by atoms with E-state index in [-0.39, 0.29) is 23.5 Å². The molecule has 1 aromatic carbocycles. The van der Waals surface area contributed by atoms with Gasteiger partial charge in [-0.1, -0.05) is 30.4 Å². The Labute approximate surface area is 243 Å². The zero-order valence-electron chi connectivity index (χ0n) is 23.8. The van der Waals surface area contributed by atoms with Crippen LogP contribution in [0.15, 0.2) is 47.5 Å². The molecule has 1 saturated carbocycles. The minimum absolute atomic E-state index is 0.106. The Morgan fingerprint density at radius 3 is 2.62 bits per heavy atom. The first kappa shape index (κ1) is 28.4. The minimum Gasteiger partial charge on any atom is -0.363 e. The second-order valence-corrected chi connectivity index (χ2v) is 12.0. The van der Waals surface area contributed by atoms with Gasteiger partial charge in [0.15, 0.2) is 0 Å². The molecule has 10 heteroatoms. The van der Waals surface area contributed by atoms with Gasteiger partial charge < -0.3 is 5.32 Å². The maximum atomic E-state index is 15.8. The second-order valence-electron chi connectivity index (χ2n) is 12.0. The number of hydrogen-bond donors (Lipinski definition) is 1. The quantitative estimate of drug-likeness (QED) is 0.347. The molecule has 1 atom stereocenters. The highest BCUT2D eigenvalue weighted by molar-refractivity contribution is 5.87. The number of aromatic nitrogens is 3. The number of nitriles is 1. The molecule has 1 aliphatic carbocycles. The van der Waals surface area contributed by atoms with E-state index in [0.717, 1.165) is 26.1 Å². The number of hydrogen-bond acceptors (Lipinski definition) is 6. The van der Waals surface area contributed by atoms with Gasteiger partial charge in [-0.05, 0) is 70.5 Å². The number of halogens is 3. The molecule has 8 bridgehead atoms. The molecule has 2 aromatic heterocycles. The Morgan fingerprint density at radius 2 is 1.88 bits per heavy atom. The van der Waals surface area contributed by atoms with Gasteiger partial charge in [0.1, 0.15) is 23.6 Å². The number of benzene rings is 1. The Kier molecular flexibility index (Phi) is 7.56. The number of allylic oxidation sites excluding steroid dienone is 1. The summed E-state index contributed by atoms with van der Waals surface area (Å²) in [6.07, 6.45) is 9.10. The van der Waals surface area contributed by atoms with Gasteiger partial charge in [0.25, 0.3) is 11.5 Å². The normalized spacial score (nSPS) is 26.1. The highest BCUT2D eigenvalue weighted by Crippen LogP contribution is 2.47. The van der Waals surface area contributed by atoms with E-state index >= 15 is 13.2 Å². The average molecular weight is 577 g/mol. The molecule has 1 saturated heterocycles. The first-order valence-corrected chi connectivity index (χ1v) is 14.8. The van der Waals surface area contributed by atoms with Gasteiger partial charge in [-0.2, -0.15) is 5.26 Å². The fourth-order valence-corrected chi connectivity index (χ4v) is 6.42. The van der Waals surface area contributed by atoms with Gasteiger partial charge in [0.2, 0.25) is 0 Å². The van der Waals surface area contributed by atoms with Crippen molar-refractivity contribution in [1.29, 1.82) is 5.26 Å². The van der Waals surface area contributed by atoms with E-state index in [2.05, 4.69) is 38.4 Å². The van der Waals surface area contributed by atoms with E-state index in [0.29, 0.717) is 61.1 Å². The third-order valence-electron chi connectivity index (χ3n) is 9.14. The lowest BCUT2D eigenvalue weighted by Gasteiger charge is -2.33. The van der Waals surface area contributed by atoms with E-state index in [1.54, 1.807) is 17.6 Å². The summed E-state index contributed by atoms with van der Waals surface area (Å²) >= 11 is 0. The molecule has 2 fully saturated rings. The summed E-state index contributed by atoms with van der Waals surface area (Å²) in [6, 6.07) is 7.46. The van der Waals surface area contributed by atoms with Crippen molar-refractivity contribution in [3.05, 3.63) is 75.6 Å². The SMILES string of the molecule is C[C@H]1Nc2ncnc3c2cc(C2(C#N)CC2)c(=O)n3CCC/C=C/CN2CCC(CC2)CC(F)(F)c2cccc1c2F. The molecule has 0 radical (unpaired) electrons. The highest BCUT2D eigenvalue weighted by atomic mass is 19.3. The third-order valence-corrected chi connectivity index (χ3v) is 9.14.